The summed E-state index contributed by atoms with van der Waals surface area (Å²) in [6.07, 6.45) is 0. The molecule has 0 radical (unpaired) electrons. The third kappa shape index (κ3) is 2.74. The zero-order valence-corrected chi connectivity index (χ0v) is 11.6. The summed E-state index contributed by atoms with van der Waals surface area (Å²) in [7, 11) is 0. The number of benzene rings is 2. The number of rotatable bonds is 2. The van der Waals surface area contributed by atoms with Crippen LogP contribution in [-0.2, 0) is 0 Å². The van der Waals surface area contributed by atoms with Crippen molar-refractivity contribution in [1.82, 2.24) is 0 Å². The van der Waals surface area contributed by atoms with Crippen molar-refractivity contribution in [2.24, 2.45) is 0 Å². The number of hydrogen-bond acceptors (Lipinski definition) is 2. The third-order valence-electron chi connectivity index (χ3n) is 2.64. The molecule has 0 saturated heterocycles. The van der Waals surface area contributed by atoms with E-state index >= 15 is 0 Å². The van der Waals surface area contributed by atoms with Gasteiger partial charge in [-0.15, -0.1) is 0 Å². The van der Waals surface area contributed by atoms with Gasteiger partial charge in [-0.3, -0.25) is 0 Å². The summed E-state index contributed by atoms with van der Waals surface area (Å²) in [6, 6.07) is 9.27. The van der Waals surface area contributed by atoms with E-state index in [0.717, 1.165) is 0 Å². The second kappa shape index (κ2) is 5.37. The molecule has 2 aromatic carbocycles. The smallest absolute Gasteiger partial charge is 0.162 e. The first kappa shape index (κ1) is 13.5. The normalized spacial score (nSPS) is 10.1. The highest BCUT2D eigenvalue weighted by atomic mass is 79.9. The minimum atomic E-state index is -0.555. The third-order valence-corrected chi connectivity index (χ3v) is 3.41. The second-order valence-electron chi connectivity index (χ2n) is 3.99. The molecule has 19 heavy (non-hydrogen) atoms. The lowest BCUT2D eigenvalue weighted by molar-refractivity contribution is 0.618. The highest BCUT2D eigenvalue weighted by Gasteiger charge is 2.11. The Bertz CT molecular complexity index is 678. The number of anilines is 2. The molecule has 0 aromatic heterocycles. The molecule has 0 aliphatic heterocycles. The average Bonchev–Trinajstić information content (AvgIpc) is 2.40. The lowest BCUT2D eigenvalue weighted by Gasteiger charge is -2.10. The average molecular weight is 323 g/mol. The molecule has 0 bridgehead atoms. The summed E-state index contributed by atoms with van der Waals surface area (Å²) in [5, 5.41) is 11.6. The van der Waals surface area contributed by atoms with Crippen LogP contribution in [0.25, 0.3) is 0 Å². The molecule has 0 fully saturated rings. The van der Waals surface area contributed by atoms with E-state index in [1.54, 1.807) is 13.0 Å². The van der Waals surface area contributed by atoms with Crippen LogP contribution in [0.4, 0.5) is 20.2 Å². The van der Waals surface area contributed by atoms with Gasteiger partial charge in [-0.1, -0.05) is 0 Å². The Morgan fingerprint density at radius 1 is 1.21 bits per heavy atom. The Balaban J connectivity index is 2.36. The number of nitrogens with one attached hydrogen (secondary N) is 1. The second-order valence-corrected chi connectivity index (χ2v) is 4.78. The summed E-state index contributed by atoms with van der Waals surface area (Å²) >= 11 is 3.03. The molecule has 0 saturated carbocycles. The van der Waals surface area contributed by atoms with Gasteiger partial charge in [-0.05, 0) is 58.7 Å². The van der Waals surface area contributed by atoms with E-state index < -0.39 is 5.82 Å². The van der Waals surface area contributed by atoms with Gasteiger partial charge in [0, 0.05) is 5.69 Å². The van der Waals surface area contributed by atoms with Gasteiger partial charge in [0.2, 0.25) is 0 Å². The van der Waals surface area contributed by atoms with Gasteiger partial charge in [-0.25, -0.2) is 8.78 Å². The highest BCUT2D eigenvalue weighted by molar-refractivity contribution is 9.10. The maximum atomic E-state index is 14.0. The summed E-state index contributed by atoms with van der Waals surface area (Å²) in [5.74, 6) is -0.868. The largest absolute Gasteiger partial charge is 0.353 e. The number of nitriles is 1. The Kier molecular flexibility index (Phi) is 3.82. The molecule has 1 N–H and O–H groups in total. The minimum Gasteiger partial charge on any atom is -0.353 e. The molecule has 0 atom stereocenters. The van der Waals surface area contributed by atoms with Crippen LogP contribution in [0.1, 0.15) is 11.1 Å². The van der Waals surface area contributed by atoms with E-state index in [1.807, 2.05) is 6.07 Å². The van der Waals surface area contributed by atoms with E-state index in [2.05, 4.69) is 21.2 Å². The minimum absolute atomic E-state index is 0.110. The quantitative estimate of drug-likeness (QED) is 0.873. The summed E-state index contributed by atoms with van der Waals surface area (Å²) in [6.45, 7) is 1.63. The van der Waals surface area contributed by atoms with Crippen molar-refractivity contribution >= 4 is 27.3 Å². The van der Waals surface area contributed by atoms with Crippen LogP contribution in [0.3, 0.4) is 0 Å². The van der Waals surface area contributed by atoms with E-state index in [1.165, 1.54) is 24.3 Å². The molecule has 2 rings (SSSR count). The topological polar surface area (TPSA) is 35.8 Å². The fourth-order valence-corrected chi connectivity index (χ4v) is 2.04. The van der Waals surface area contributed by atoms with Gasteiger partial charge < -0.3 is 5.32 Å². The molecule has 2 nitrogen and oxygen atoms in total. The van der Waals surface area contributed by atoms with Crippen molar-refractivity contribution in [1.29, 1.82) is 5.26 Å². The predicted octanol–water partition coefficient (Wildman–Crippen LogP) is 4.65. The standard InChI is InChI=1S/C14H9BrF2N2/c1-8-6-10(3-4-11(8)16)19-12-5-2-9(7-18)13(15)14(12)17/h2-6,19H,1H3. The van der Waals surface area contributed by atoms with Crippen LogP contribution in [0.2, 0.25) is 0 Å². The zero-order valence-electron chi connectivity index (χ0n) is 9.97. The Hall–Kier alpha value is -1.93. The molecule has 0 spiro atoms. The lowest BCUT2D eigenvalue weighted by atomic mass is 10.2. The Morgan fingerprint density at radius 2 is 1.95 bits per heavy atom. The van der Waals surface area contributed by atoms with Crippen LogP contribution in [0, 0.1) is 29.9 Å². The Morgan fingerprint density at radius 3 is 2.58 bits per heavy atom. The van der Waals surface area contributed by atoms with Crippen LogP contribution in [0.15, 0.2) is 34.8 Å². The molecule has 2 aromatic rings. The molecular formula is C14H9BrF2N2. The number of aryl methyl sites for hydroxylation is 1. The zero-order chi connectivity index (χ0) is 14.0. The summed E-state index contributed by atoms with van der Waals surface area (Å²) < 4.78 is 27.2. The number of nitrogens with zero attached hydrogens (tertiary/aromatic N) is 1. The molecule has 0 amide bonds. The van der Waals surface area contributed by atoms with Crippen molar-refractivity contribution in [3.8, 4) is 6.07 Å². The van der Waals surface area contributed by atoms with Crippen LogP contribution in [-0.4, -0.2) is 0 Å². The highest BCUT2D eigenvalue weighted by Crippen LogP contribution is 2.29. The molecule has 0 aliphatic rings. The van der Waals surface area contributed by atoms with Crippen molar-refractivity contribution in [2.45, 2.75) is 6.92 Å². The molecule has 5 heteroatoms. The summed E-state index contributed by atoms with van der Waals surface area (Å²) in [5.41, 5.74) is 1.49. The maximum absolute atomic E-state index is 14.0. The van der Waals surface area contributed by atoms with Crippen LogP contribution >= 0.6 is 15.9 Å². The van der Waals surface area contributed by atoms with Crippen molar-refractivity contribution < 1.29 is 8.78 Å². The Labute approximate surface area is 117 Å². The SMILES string of the molecule is Cc1cc(Nc2ccc(C#N)c(Br)c2F)ccc1F. The van der Waals surface area contributed by atoms with Gasteiger partial charge >= 0.3 is 0 Å². The van der Waals surface area contributed by atoms with Crippen LogP contribution < -0.4 is 5.32 Å². The molecule has 96 valence electrons. The van der Waals surface area contributed by atoms with Gasteiger partial charge in [0.1, 0.15) is 11.9 Å². The summed E-state index contributed by atoms with van der Waals surface area (Å²) in [4.78, 5) is 0. The lowest BCUT2D eigenvalue weighted by Crippen LogP contribution is -1.97. The van der Waals surface area contributed by atoms with E-state index in [-0.39, 0.29) is 21.5 Å². The van der Waals surface area contributed by atoms with Gasteiger partial charge in [0.25, 0.3) is 0 Å². The molecular weight excluding hydrogens is 314 g/mol. The van der Waals surface area contributed by atoms with Gasteiger partial charge in [-0.2, -0.15) is 5.26 Å². The van der Waals surface area contributed by atoms with E-state index in [9.17, 15) is 8.78 Å². The molecule has 0 heterocycles. The number of hydrogen-bond donors (Lipinski definition) is 1. The predicted molar refractivity (Wildman–Crippen MR) is 73.2 cm³/mol. The van der Waals surface area contributed by atoms with E-state index in [0.29, 0.717) is 11.3 Å². The van der Waals surface area contributed by atoms with Crippen LogP contribution in [0.5, 0.6) is 0 Å². The first-order valence-corrected chi connectivity index (χ1v) is 6.23. The fourth-order valence-electron chi connectivity index (χ4n) is 1.61. The number of halogens is 3. The monoisotopic (exact) mass is 322 g/mol. The van der Waals surface area contributed by atoms with Crippen molar-refractivity contribution in [3.05, 3.63) is 57.6 Å². The van der Waals surface area contributed by atoms with Gasteiger partial charge in [0.15, 0.2) is 5.82 Å². The first-order valence-electron chi connectivity index (χ1n) is 5.44. The first-order chi connectivity index (χ1) is 9.02. The van der Waals surface area contributed by atoms with Gasteiger partial charge in [0.05, 0.1) is 15.7 Å². The molecule has 0 aliphatic carbocycles. The fraction of sp³-hybridized carbons (Fsp3) is 0.0714. The maximum Gasteiger partial charge on any atom is 0.162 e. The van der Waals surface area contributed by atoms with Crippen molar-refractivity contribution in [2.75, 3.05) is 5.32 Å². The molecule has 0 unspecified atom stereocenters. The van der Waals surface area contributed by atoms with Crippen molar-refractivity contribution in [3.63, 3.8) is 0 Å². The van der Waals surface area contributed by atoms with E-state index in [4.69, 9.17) is 5.26 Å².